The molecule has 1 aliphatic heterocycles. The van der Waals surface area contributed by atoms with Gasteiger partial charge in [0.2, 0.25) is 11.7 Å². The van der Waals surface area contributed by atoms with Gasteiger partial charge in [0.05, 0.1) is 0 Å². The lowest BCUT2D eigenvalue weighted by atomic mass is 10.2. The molecule has 1 amide bonds. The number of piperazine rings is 1. The van der Waals surface area contributed by atoms with Crippen LogP contribution in [-0.4, -0.2) is 57.2 Å². The lowest BCUT2D eigenvalue weighted by Gasteiger charge is -2.27. The highest BCUT2D eigenvalue weighted by molar-refractivity contribution is 6.30. The second kappa shape index (κ2) is 7.53. The number of hydrogen-bond acceptors (Lipinski definition) is 5. The van der Waals surface area contributed by atoms with Crippen LogP contribution in [0.15, 0.2) is 24.3 Å². The maximum Gasteiger partial charge on any atom is 0.246 e. The fourth-order valence-electron chi connectivity index (χ4n) is 2.16. The van der Waals surface area contributed by atoms with Crippen LogP contribution >= 0.6 is 24.0 Å². The second-order valence-corrected chi connectivity index (χ2v) is 5.22. The molecule has 3 rings (SSSR count). The molecular formula is C13H16Cl2N6O. The summed E-state index contributed by atoms with van der Waals surface area (Å²) in [6.07, 6.45) is 0. The monoisotopic (exact) mass is 342 g/mol. The first-order valence-corrected chi connectivity index (χ1v) is 7.12. The van der Waals surface area contributed by atoms with E-state index in [2.05, 4.69) is 20.7 Å². The van der Waals surface area contributed by atoms with E-state index in [0.717, 1.165) is 31.7 Å². The molecule has 1 aromatic carbocycles. The molecule has 0 saturated carbocycles. The third kappa shape index (κ3) is 3.94. The Morgan fingerprint density at radius 1 is 1.23 bits per heavy atom. The summed E-state index contributed by atoms with van der Waals surface area (Å²) in [4.78, 5) is 15.2. The maximum absolute atomic E-state index is 12.1. The number of halogens is 2. The Morgan fingerprint density at radius 3 is 2.59 bits per heavy atom. The highest BCUT2D eigenvalue weighted by Gasteiger charge is 2.17. The van der Waals surface area contributed by atoms with Gasteiger partial charge >= 0.3 is 0 Å². The summed E-state index contributed by atoms with van der Waals surface area (Å²) in [5.41, 5.74) is 0.820. The average Bonchev–Trinajstić information content (AvgIpc) is 2.97. The van der Waals surface area contributed by atoms with Crippen LogP contribution < -0.4 is 5.32 Å². The quantitative estimate of drug-likeness (QED) is 0.894. The molecule has 22 heavy (non-hydrogen) atoms. The first-order valence-electron chi connectivity index (χ1n) is 6.74. The van der Waals surface area contributed by atoms with Crippen LogP contribution in [-0.2, 0) is 11.3 Å². The van der Waals surface area contributed by atoms with Crippen molar-refractivity contribution < 1.29 is 4.79 Å². The minimum Gasteiger partial charge on any atom is -0.338 e. The number of nitrogens with zero attached hydrogens (tertiary/aromatic N) is 5. The second-order valence-electron chi connectivity index (χ2n) is 4.78. The molecule has 7 nitrogen and oxygen atoms in total. The van der Waals surface area contributed by atoms with Gasteiger partial charge in [-0.2, -0.15) is 4.80 Å². The molecule has 1 N–H and O–H groups in total. The standard InChI is InChI=1S/C13H15ClN6O.ClH/c14-11-3-1-10(2-4-11)13-16-18-20(17-13)9-12(21)19-7-5-15-6-8-19;/h1-4,15H,5-9H2;1H. The Morgan fingerprint density at radius 2 is 1.91 bits per heavy atom. The maximum atomic E-state index is 12.1. The number of aromatic nitrogens is 4. The van der Waals surface area contributed by atoms with Crippen molar-refractivity contribution in [1.29, 1.82) is 0 Å². The predicted octanol–water partition coefficient (Wildman–Crippen LogP) is 0.847. The van der Waals surface area contributed by atoms with Gasteiger partial charge in [-0.1, -0.05) is 11.6 Å². The summed E-state index contributed by atoms with van der Waals surface area (Å²) in [5, 5.41) is 16.0. The van der Waals surface area contributed by atoms with Crippen molar-refractivity contribution in [2.45, 2.75) is 6.54 Å². The summed E-state index contributed by atoms with van der Waals surface area (Å²) < 4.78 is 0. The number of tetrazole rings is 1. The van der Waals surface area contributed by atoms with Crippen molar-refractivity contribution in [2.75, 3.05) is 26.2 Å². The molecule has 2 heterocycles. The number of hydrogen-bond donors (Lipinski definition) is 1. The normalized spacial score (nSPS) is 14.5. The molecule has 1 saturated heterocycles. The van der Waals surface area contributed by atoms with E-state index in [1.807, 2.05) is 17.0 Å². The van der Waals surface area contributed by atoms with Gasteiger partial charge in [0, 0.05) is 36.8 Å². The number of amides is 1. The van der Waals surface area contributed by atoms with Gasteiger partial charge in [0.25, 0.3) is 0 Å². The fraction of sp³-hybridized carbons (Fsp3) is 0.385. The van der Waals surface area contributed by atoms with Gasteiger partial charge in [-0.25, -0.2) is 0 Å². The fourth-order valence-corrected chi connectivity index (χ4v) is 2.29. The molecule has 2 aromatic rings. The highest BCUT2D eigenvalue weighted by Crippen LogP contribution is 2.16. The Balaban J connectivity index is 0.00000176. The van der Waals surface area contributed by atoms with E-state index >= 15 is 0 Å². The molecule has 118 valence electrons. The number of benzene rings is 1. The molecule has 0 unspecified atom stereocenters. The SMILES string of the molecule is Cl.O=C(Cn1nnc(-c2ccc(Cl)cc2)n1)N1CCNCC1. The van der Waals surface area contributed by atoms with E-state index in [1.54, 1.807) is 12.1 Å². The summed E-state index contributed by atoms with van der Waals surface area (Å²) in [6.45, 7) is 3.20. The lowest BCUT2D eigenvalue weighted by molar-refractivity contribution is -0.132. The van der Waals surface area contributed by atoms with Gasteiger partial charge < -0.3 is 10.2 Å². The number of carbonyl (C=O) groups is 1. The van der Waals surface area contributed by atoms with Gasteiger partial charge in [-0.3, -0.25) is 4.79 Å². The zero-order valence-corrected chi connectivity index (χ0v) is 13.3. The molecule has 1 aromatic heterocycles. The highest BCUT2D eigenvalue weighted by atomic mass is 35.5. The number of rotatable bonds is 3. The van der Waals surface area contributed by atoms with E-state index < -0.39 is 0 Å². The van der Waals surface area contributed by atoms with Gasteiger partial charge in [0.15, 0.2) is 0 Å². The molecule has 0 atom stereocenters. The van der Waals surface area contributed by atoms with Gasteiger partial charge in [-0.15, -0.1) is 22.6 Å². The molecule has 0 radical (unpaired) electrons. The van der Waals surface area contributed by atoms with Crippen LogP contribution in [0.1, 0.15) is 0 Å². The number of nitrogens with one attached hydrogen (secondary N) is 1. The molecule has 1 aliphatic rings. The minimum atomic E-state index is 0. The molecule has 0 bridgehead atoms. The lowest BCUT2D eigenvalue weighted by Crippen LogP contribution is -2.47. The van der Waals surface area contributed by atoms with Crippen molar-refractivity contribution in [3.63, 3.8) is 0 Å². The van der Waals surface area contributed by atoms with Crippen LogP contribution in [0.3, 0.4) is 0 Å². The van der Waals surface area contributed by atoms with Gasteiger partial charge in [-0.05, 0) is 29.5 Å². The van der Waals surface area contributed by atoms with E-state index in [1.165, 1.54) is 4.80 Å². The third-order valence-corrected chi connectivity index (χ3v) is 3.55. The number of carbonyl (C=O) groups excluding carboxylic acids is 1. The topological polar surface area (TPSA) is 75.9 Å². The zero-order chi connectivity index (χ0) is 14.7. The van der Waals surface area contributed by atoms with E-state index in [9.17, 15) is 4.79 Å². The third-order valence-electron chi connectivity index (χ3n) is 3.30. The molecular weight excluding hydrogens is 327 g/mol. The first-order chi connectivity index (χ1) is 10.2. The molecule has 0 aliphatic carbocycles. The summed E-state index contributed by atoms with van der Waals surface area (Å²) in [6, 6.07) is 7.18. The summed E-state index contributed by atoms with van der Waals surface area (Å²) >= 11 is 5.84. The summed E-state index contributed by atoms with van der Waals surface area (Å²) in [7, 11) is 0. The largest absolute Gasteiger partial charge is 0.338 e. The van der Waals surface area contributed by atoms with Crippen molar-refractivity contribution >= 4 is 29.9 Å². The Kier molecular flexibility index (Phi) is 5.70. The average molecular weight is 343 g/mol. The van der Waals surface area contributed by atoms with Crippen LogP contribution in [0.25, 0.3) is 11.4 Å². The van der Waals surface area contributed by atoms with Crippen LogP contribution in [0.5, 0.6) is 0 Å². The van der Waals surface area contributed by atoms with Crippen molar-refractivity contribution in [3.05, 3.63) is 29.3 Å². The molecule has 9 heteroatoms. The summed E-state index contributed by atoms with van der Waals surface area (Å²) in [5.74, 6) is 0.497. The van der Waals surface area contributed by atoms with Crippen LogP contribution in [0.2, 0.25) is 5.02 Å². The van der Waals surface area contributed by atoms with Crippen molar-refractivity contribution in [1.82, 2.24) is 30.4 Å². The van der Waals surface area contributed by atoms with E-state index in [4.69, 9.17) is 11.6 Å². The van der Waals surface area contributed by atoms with Crippen LogP contribution in [0, 0.1) is 0 Å². The van der Waals surface area contributed by atoms with Crippen LogP contribution in [0.4, 0.5) is 0 Å². The zero-order valence-electron chi connectivity index (χ0n) is 11.8. The first kappa shape index (κ1) is 16.7. The van der Waals surface area contributed by atoms with Crippen molar-refractivity contribution in [3.8, 4) is 11.4 Å². The van der Waals surface area contributed by atoms with E-state index in [0.29, 0.717) is 10.8 Å². The van der Waals surface area contributed by atoms with E-state index in [-0.39, 0.29) is 24.9 Å². The Hall–Kier alpha value is -1.70. The Bertz CT molecular complexity index is 624. The van der Waals surface area contributed by atoms with Crippen molar-refractivity contribution in [2.24, 2.45) is 0 Å². The smallest absolute Gasteiger partial charge is 0.246 e. The minimum absolute atomic E-state index is 0. The Labute approximate surface area is 139 Å². The predicted molar refractivity (Wildman–Crippen MR) is 85.0 cm³/mol. The molecule has 0 spiro atoms. The van der Waals surface area contributed by atoms with Gasteiger partial charge in [0.1, 0.15) is 6.54 Å². The molecule has 1 fully saturated rings.